The van der Waals surface area contributed by atoms with Gasteiger partial charge in [-0.15, -0.1) is 0 Å². The third kappa shape index (κ3) is 5.44. The SMILES string of the molecule is Cc1cc(C(C)Nc2ccccc2C(=O)OC(C)(C)C)c2nc(N3Cc4ccccc4C3)nc(N3CC(O)C3)c2c1. The molecule has 0 radical (unpaired) electrons. The highest BCUT2D eigenvalue weighted by Crippen LogP contribution is 2.37. The molecule has 0 aliphatic carbocycles. The molecule has 2 aliphatic rings. The van der Waals surface area contributed by atoms with Crippen molar-refractivity contribution in [2.75, 3.05) is 28.2 Å². The highest BCUT2D eigenvalue weighted by atomic mass is 16.6. The van der Waals surface area contributed by atoms with Gasteiger partial charge in [-0.05, 0) is 69.5 Å². The number of aryl methyl sites for hydroxylation is 1. The van der Waals surface area contributed by atoms with Gasteiger partial charge >= 0.3 is 5.97 Å². The summed E-state index contributed by atoms with van der Waals surface area (Å²) in [5, 5.41) is 14.6. The number of β-amino-alcohol motifs (C(OH)–C–C–N with tert-alkyl or cyclic N) is 1. The second-order valence-corrected chi connectivity index (χ2v) is 12.2. The minimum Gasteiger partial charge on any atom is -0.456 e. The summed E-state index contributed by atoms with van der Waals surface area (Å²) in [4.78, 5) is 27.6. The monoisotopic (exact) mass is 551 g/mol. The molecular weight excluding hydrogens is 514 g/mol. The van der Waals surface area contributed by atoms with Gasteiger partial charge in [0.05, 0.1) is 23.2 Å². The number of benzene rings is 3. The molecule has 0 amide bonds. The van der Waals surface area contributed by atoms with Crippen LogP contribution in [0, 0.1) is 6.92 Å². The molecule has 1 fully saturated rings. The van der Waals surface area contributed by atoms with Crippen molar-refractivity contribution in [3.8, 4) is 0 Å². The number of carbonyl (C=O) groups excluding carboxylic acids is 1. The third-order valence-electron chi connectivity index (χ3n) is 7.61. The second kappa shape index (κ2) is 10.3. The molecule has 212 valence electrons. The number of hydrogen-bond donors (Lipinski definition) is 2. The number of hydrogen-bond acceptors (Lipinski definition) is 8. The fourth-order valence-corrected chi connectivity index (χ4v) is 5.63. The fourth-order valence-electron chi connectivity index (χ4n) is 5.63. The van der Waals surface area contributed by atoms with Crippen molar-refractivity contribution < 1.29 is 14.6 Å². The van der Waals surface area contributed by atoms with Gasteiger partial charge in [0.2, 0.25) is 5.95 Å². The van der Waals surface area contributed by atoms with Gasteiger partial charge in [-0.3, -0.25) is 0 Å². The lowest BCUT2D eigenvalue weighted by molar-refractivity contribution is 0.00706. The molecule has 0 bridgehead atoms. The van der Waals surface area contributed by atoms with Crippen LogP contribution in [-0.4, -0.2) is 45.8 Å². The van der Waals surface area contributed by atoms with Crippen LogP contribution < -0.4 is 15.1 Å². The first kappa shape index (κ1) is 27.0. The summed E-state index contributed by atoms with van der Waals surface area (Å²) < 4.78 is 5.68. The summed E-state index contributed by atoms with van der Waals surface area (Å²) in [6.07, 6.45) is -0.353. The first-order chi connectivity index (χ1) is 19.6. The average molecular weight is 552 g/mol. The van der Waals surface area contributed by atoms with E-state index in [4.69, 9.17) is 14.7 Å². The van der Waals surface area contributed by atoms with Crippen molar-refractivity contribution in [3.05, 3.63) is 88.5 Å². The zero-order valence-electron chi connectivity index (χ0n) is 24.3. The lowest BCUT2D eigenvalue weighted by atomic mass is 9.99. The van der Waals surface area contributed by atoms with Crippen LogP contribution in [0.5, 0.6) is 0 Å². The fraction of sp³-hybridized carbons (Fsp3) is 0.364. The summed E-state index contributed by atoms with van der Waals surface area (Å²) in [6.45, 7) is 12.4. The van der Waals surface area contributed by atoms with Crippen molar-refractivity contribution in [3.63, 3.8) is 0 Å². The molecule has 8 nitrogen and oxygen atoms in total. The Labute approximate surface area is 241 Å². The van der Waals surface area contributed by atoms with Crippen LogP contribution in [-0.2, 0) is 17.8 Å². The normalized spacial score (nSPS) is 16.0. The predicted octanol–water partition coefficient (Wildman–Crippen LogP) is 5.77. The van der Waals surface area contributed by atoms with Gasteiger partial charge in [-0.1, -0.05) is 42.5 Å². The minimum absolute atomic E-state index is 0.172. The molecule has 0 saturated carbocycles. The number of nitrogens with zero attached hydrogens (tertiary/aromatic N) is 4. The van der Waals surface area contributed by atoms with Crippen molar-refractivity contribution in [1.29, 1.82) is 0 Å². The summed E-state index contributed by atoms with van der Waals surface area (Å²) in [5.74, 6) is 1.16. The predicted molar refractivity (Wildman–Crippen MR) is 162 cm³/mol. The number of aliphatic hydroxyl groups is 1. The maximum atomic E-state index is 13.0. The van der Waals surface area contributed by atoms with Gasteiger partial charge in [0.15, 0.2) is 0 Å². The van der Waals surface area contributed by atoms with E-state index in [9.17, 15) is 9.90 Å². The van der Waals surface area contributed by atoms with Gasteiger partial charge in [0, 0.05) is 42.8 Å². The third-order valence-corrected chi connectivity index (χ3v) is 7.61. The number of aromatic nitrogens is 2. The van der Waals surface area contributed by atoms with E-state index in [2.05, 4.69) is 65.4 Å². The molecule has 3 aromatic carbocycles. The smallest absolute Gasteiger partial charge is 0.340 e. The standard InChI is InChI=1S/C33H37N5O3/c1-20-14-26(21(2)34-28-13-9-8-12-25(28)31(40)41-33(3,4)5)29-27(15-20)30(37-18-24(39)19-37)36-32(35-29)38-16-22-10-6-7-11-23(22)17-38/h6-15,21,24,34,39H,16-19H2,1-5H3. The minimum atomic E-state index is -0.591. The average Bonchev–Trinajstić information content (AvgIpc) is 3.34. The van der Waals surface area contributed by atoms with Crippen molar-refractivity contribution in [2.45, 2.75) is 65.5 Å². The quantitative estimate of drug-likeness (QED) is 0.292. The first-order valence-electron chi connectivity index (χ1n) is 14.2. The van der Waals surface area contributed by atoms with E-state index in [0.717, 1.165) is 40.9 Å². The van der Waals surface area contributed by atoms with E-state index in [1.807, 2.05) is 39.0 Å². The molecule has 3 heterocycles. The first-order valence-corrected chi connectivity index (χ1v) is 14.2. The maximum Gasteiger partial charge on any atom is 0.340 e. The number of aliphatic hydroxyl groups excluding tert-OH is 1. The van der Waals surface area contributed by atoms with Gasteiger partial charge in [-0.25, -0.2) is 9.78 Å². The zero-order valence-corrected chi connectivity index (χ0v) is 24.3. The Bertz CT molecular complexity index is 1600. The molecule has 1 saturated heterocycles. The molecule has 1 atom stereocenters. The number of ether oxygens (including phenoxy) is 1. The van der Waals surface area contributed by atoms with E-state index in [-0.39, 0.29) is 18.1 Å². The summed E-state index contributed by atoms with van der Waals surface area (Å²) in [6, 6.07) is 20.0. The number of esters is 1. The van der Waals surface area contributed by atoms with Crippen LogP contribution in [0.2, 0.25) is 0 Å². The number of nitrogens with one attached hydrogen (secondary N) is 1. The number of fused-ring (bicyclic) bond motifs is 2. The molecule has 2 N–H and O–H groups in total. The summed E-state index contributed by atoms with van der Waals surface area (Å²) in [5.41, 5.74) is 6.15. The van der Waals surface area contributed by atoms with Crippen LogP contribution in [0.15, 0.2) is 60.7 Å². The molecule has 1 aromatic heterocycles. The van der Waals surface area contributed by atoms with E-state index in [1.54, 1.807) is 6.07 Å². The number of carbonyl (C=O) groups is 1. The van der Waals surface area contributed by atoms with Crippen LogP contribution in [0.25, 0.3) is 10.9 Å². The lowest BCUT2D eigenvalue weighted by Crippen LogP contribution is -2.51. The Kier molecular flexibility index (Phi) is 6.82. The van der Waals surface area contributed by atoms with Gasteiger partial charge < -0.3 is 25.0 Å². The van der Waals surface area contributed by atoms with Gasteiger partial charge in [0.1, 0.15) is 11.4 Å². The van der Waals surface area contributed by atoms with Crippen molar-refractivity contribution >= 4 is 34.3 Å². The van der Waals surface area contributed by atoms with Crippen molar-refractivity contribution in [1.82, 2.24) is 9.97 Å². The van der Waals surface area contributed by atoms with Crippen LogP contribution in [0.4, 0.5) is 17.5 Å². The van der Waals surface area contributed by atoms with E-state index in [1.165, 1.54) is 11.1 Å². The van der Waals surface area contributed by atoms with Crippen LogP contribution in [0.1, 0.15) is 66.3 Å². The van der Waals surface area contributed by atoms with Gasteiger partial charge in [0.25, 0.3) is 0 Å². The largest absolute Gasteiger partial charge is 0.456 e. The summed E-state index contributed by atoms with van der Waals surface area (Å²) in [7, 11) is 0. The molecule has 2 aliphatic heterocycles. The van der Waals surface area contributed by atoms with Gasteiger partial charge in [-0.2, -0.15) is 4.98 Å². The Balaban J connectivity index is 1.41. The molecule has 41 heavy (non-hydrogen) atoms. The Morgan fingerprint density at radius 1 is 1.00 bits per heavy atom. The molecule has 4 aromatic rings. The second-order valence-electron chi connectivity index (χ2n) is 12.2. The zero-order chi connectivity index (χ0) is 28.9. The lowest BCUT2D eigenvalue weighted by Gasteiger charge is -2.38. The molecular formula is C33H37N5O3. The number of para-hydroxylation sites is 1. The van der Waals surface area contributed by atoms with E-state index < -0.39 is 5.60 Å². The van der Waals surface area contributed by atoms with Crippen molar-refractivity contribution in [2.24, 2.45) is 0 Å². The highest BCUT2D eigenvalue weighted by Gasteiger charge is 2.31. The molecule has 6 rings (SSSR count). The van der Waals surface area contributed by atoms with E-state index in [0.29, 0.717) is 30.3 Å². The molecule has 1 unspecified atom stereocenters. The van der Waals surface area contributed by atoms with Crippen LogP contribution >= 0.6 is 0 Å². The highest BCUT2D eigenvalue weighted by molar-refractivity contribution is 5.97. The molecule has 0 spiro atoms. The Morgan fingerprint density at radius 2 is 1.66 bits per heavy atom. The Morgan fingerprint density at radius 3 is 2.32 bits per heavy atom. The number of rotatable bonds is 6. The van der Waals surface area contributed by atoms with Crippen LogP contribution in [0.3, 0.4) is 0 Å². The Hall–Kier alpha value is -4.17. The summed E-state index contributed by atoms with van der Waals surface area (Å²) >= 11 is 0. The topological polar surface area (TPSA) is 90.8 Å². The maximum absolute atomic E-state index is 13.0. The molecule has 8 heteroatoms. The van der Waals surface area contributed by atoms with E-state index >= 15 is 0 Å². The number of anilines is 3.